The third-order valence-electron chi connectivity index (χ3n) is 1.75. The predicted molar refractivity (Wildman–Crippen MR) is 60.9 cm³/mol. The summed E-state index contributed by atoms with van der Waals surface area (Å²) in [7, 11) is 0. The second-order valence-corrected chi connectivity index (χ2v) is 7.09. The van der Waals surface area contributed by atoms with Gasteiger partial charge in [-0.3, -0.25) is 0 Å². The summed E-state index contributed by atoms with van der Waals surface area (Å²) >= 11 is 21.7. The molecule has 0 amide bonds. The Bertz CT molecular complexity index is 215. The van der Waals surface area contributed by atoms with Crippen LogP contribution in [0, 0.1) is 0 Å². The van der Waals surface area contributed by atoms with E-state index in [1.165, 1.54) is 0 Å². The van der Waals surface area contributed by atoms with E-state index in [1.54, 1.807) is 0 Å². The van der Waals surface area contributed by atoms with E-state index in [4.69, 9.17) is 46.4 Å². The van der Waals surface area contributed by atoms with Gasteiger partial charge in [0.25, 0.3) is 12.9 Å². The highest BCUT2D eigenvalue weighted by atomic mass is 35.5. The van der Waals surface area contributed by atoms with Gasteiger partial charge in [-0.1, -0.05) is 46.4 Å². The van der Waals surface area contributed by atoms with Crippen LogP contribution in [0.2, 0.25) is 0 Å². The number of alkyl halides is 8. The van der Waals surface area contributed by atoms with Gasteiger partial charge in [0.05, 0.1) is 0 Å². The lowest BCUT2D eigenvalue weighted by Gasteiger charge is -2.33. The van der Waals surface area contributed by atoms with Crippen molar-refractivity contribution in [3.8, 4) is 0 Å². The van der Waals surface area contributed by atoms with Crippen molar-refractivity contribution >= 4 is 46.4 Å². The molecule has 9 heteroatoms. The van der Waals surface area contributed by atoms with Crippen LogP contribution in [0.3, 0.4) is 0 Å². The molecule has 0 fully saturated rings. The van der Waals surface area contributed by atoms with Crippen molar-refractivity contribution in [3.63, 3.8) is 0 Å². The molecule has 2 unspecified atom stereocenters. The van der Waals surface area contributed by atoms with Gasteiger partial charge in [-0.25, -0.2) is 17.6 Å². The highest BCUT2D eigenvalue weighted by Gasteiger charge is 2.46. The Morgan fingerprint density at radius 1 is 0.765 bits per heavy atom. The Balaban J connectivity index is 4.96. The van der Waals surface area contributed by atoms with Crippen molar-refractivity contribution in [2.75, 3.05) is 0 Å². The second kappa shape index (κ2) is 6.33. The zero-order valence-electron chi connectivity index (χ0n) is 8.74. The summed E-state index contributed by atoms with van der Waals surface area (Å²) in [4.78, 5) is 0. The van der Waals surface area contributed by atoms with Crippen LogP contribution in [0.15, 0.2) is 0 Å². The Kier molecular flexibility index (Phi) is 6.64. The molecule has 0 aromatic rings. The highest BCUT2D eigenvalue weighted by molar-refractivity contribution is 6.49. The summed E-state index contributed by atoms with van der Waals surface area (Å²) in [5.41, 5.74) is 0. The smallest absolute Gasteiger partial charge is 0.267 e. The minimum Gasteiger partial charge on any atom is -0.357 e. The summed E-state index contributed by atoms with van der Waals surface area (Å²) in [6.45, 7) is 1.99. The normalized spacial score (nSPS) is 17.6. The molecule has 0 aliphatic carbocycles. The van der Waals surface area contributed by atoms with E-state index in [9.17, 15) is 17.6 Å². The molecular formula is C8H10Cl4F4O. The SMILES string of the molecule is CC(Cl)(Cl)C(OC(C(F)F)C(C)(Cl)Cl)C(F)F. The van der Waals surface area contributed by atoms with Gasteiger partial charge in [-0.2, -0.15) is 0 Å². The van der Waals surface area contributed by atoms with Crippen LogP contribution < -0.4 is 0 Å². The van der Waals surface area contributed by atoms with E-state index in [0.29, 0.717) is 0 Å². The number of ether oxygens (including phenoxy) is 1. The Morgan fingerprint density at radius 3 is 1.12 bits per heavy atom. The standard InChI is InChI=1S/C8H10Cl4F4O/c1-7(9,10)3(5(13)14)17-4(6(15)16)8(2,11)12/h3-6H,1-2H3. The fourth-order valence-corrected chi connectivity index (χ4v) is 1.54. The van der Waals surface area contributed by atoms with Crippen LogP contribution in [0.1, 0.15) is 13.8 Å². The molecule has 0 radical (unpaired) electrons. The van der Waals surface area contributed by atoms with Crippen LogP contribution in [0.4, 0.5) is 17.6 Å². The Labute approximate surface area is 116 Å². The number of halogens is 8. The lowest BCUT2D eigenvalue weighted by molar-refractivity contribution is -0.142. The monoisotopic (exact) mass is 338 g/mol. The molecule has 0 aliphatic rings. The Morgan fingerprint density at radius 2 is 1.00 bits per heavy atom. The molecule has 104 valence electrons. The summed E-state index contributed by atoms with van der Waals surface area (Å²) in [5.74, 6) is 0. The van der Waals surface area contributed by atoms with E-state index in [1.807, 2.05) is 0 Å². The Hall–Kier alpha value is 0.840. The molecule has 17 heavy (non-hydrogen) atoms. The molecule has 0 N–H and O–H groups in total. The molecule has 0 aliphatic heterocycles. The van der Waals surface area contributed by atoms with Gasteiger partial charge in [0.1, 0.15) is 8.67 Å². The maximum atomic E-state index is 12.6. The number of hydrogen-bond donors (Lipinski definition) is 0. The average Bonchev–Trinajstić information content (AvgIpc) is 1.96. The van der Waals surface area contributed by atoms with Gasteiger partial charge >= 0.3 is 0 Å². The second-order valence-electron chi connectivity index (χ2n) is 3.56. The maximum absolute atomic E-state index is 12.6. The first kappa shape index (κ1) is 17.8. The molecule has 1 nitrogen and oxygen atoms in total. The van der Waals surface area contributed by atoms with Gasteiger partial charge < -0.3 is 4.74 Å². The quantitative estimate of drug-likeness (QED) is 0.505. The molecule has 0 saturated carbocycles. The first-order valence-electron chi connectivity index (χ1n) is 4.34. The molecule has 2 atom stereocenters. The zero-order valence-corrected chi connectivity index (χ0v) is 11.8. The van der Waals surface area contributed by atoms with Crippen LogP contribution >= 0.6 is 46.4 Å². The fourth-order valence-electron chi connectivity index (χ4n) is 0.958. The van der Waals surface area contributed by atoms with Crippen LogP contribution in [-0.2, 0) is 4.74 Å². The molecule has 0 aromatic carbocycles. The predicted octanol–water partition coefficient (Wildman–Crippen LogP) is 4.66. The van der Waals surface area contributed by atoms with Crippen LogP contribution in [0.25, 0.3) is 0 Å². The van der Waals surface area contributed by atoms with Crippen molar-refractivity contribution in [3.05, 3.63) is 0 Å². The molecule has 0 aromatic heterocycles. The van der Waals surface area contributed by atoms with Gasteiger partial charge in [-0.15, -0.1) is 0 Å². The highest BCUT2D eigenvalue weighted by Crippen LogP contribution is 2.37. The van der Waals surface area contributed by atoms with E-state index in [2.05, 4.69) is 4.74 Å². The summed E-state index contributed by atoms with van der Waals surface area (Å²) in [6, 6.07) is 0. The van der Waals surface area contributed by atoms with Crippen molar-refractivity contribution in [2.24, 2.45) is 0 Å². The average molecular weight is 340 g/mol. The molecule has 0 heterocycles. The largest absolute Gasteiger partial charge is 0.357 e. The van der Waals surface area contributed by atoms with Crippen molar-refractivity contribution in [2.45, 2.75) is 47.6 Å². The van der Waals surface area contributed by atoms with Gasteiger partial charge in [0, 0.05) is 0 Å². The number of hydrogen-bond acceptors (Lipinski definition) is 1. The molecule has 0 saturated heterocycles. The topological polar surface area (TPSA) is 9.23 Å². The fraction of sp³-hybridized carbons (Fsp3) is 1.00. The maximum Gasteiger partial charge on any atom is 0.267 e. The van der Waals surface area contributed by atoms with Gasteiger partial charge in [-0.05, 0) is 13.8 Å². The zero-order chi connectivity index (χ0) is 14.0. The van der Waals surface area contributed by atoms with E-state index in [-0.39, 0.29) is 0 Å². The van der Waals surface area contributed by atoms with E-state index < -0.39 is 33.7 Å². The molecule has 0 rings (SSSR count). The lowest BCUT2D eigenvalue weighted by atomic mass is 10.2. The first-order chi connectivity index (χ1) is 7.37. The van der Waals surface area contributed by atoms with Crippen LogP contribution in [0.5, 0.6) is 0 Å². The third kappa shape index (κ3) is 6.01. The first-order valence-corrected chi connectivity index (χ1v) is 5.86. The van der Waals surface area contributed by atoms with Crippen LogP contribution in [-0.4, -0.2) is 33.7 Å². The van der Waals surface area contributed by atoms with Crippen molar-refractivity contribution in [1.29, 1.82) is 0 Å². The third-order valence-corrected chi connectivity index (χ3v) is 2.61. The summed E-state index contributed by atoms with van der Waals surface area (Å²) in [6.07, 6.45) is -10.6. The van der Waals surface area contributed by atoms with Gasteiger partial charge in [0.2, 0.25) is 0 Å². The summed E-state index contributed by atoms with van der Waals surface area (Å²) in [5, 5.41) is 0. The minimum atomic E-state index is -3.16. The summed E-state index contributed by atoms with van der Waals surface area (Å²) < 4.78 is 50.7. The molecule has 0 bridgehead atoms. The van der Waals surface area contributed by atoms with Gasteiger partial charge in [0.15, 0.2) is 12.2 Å². The lowest BCUT2D eigenvalue weighted by Crippen LogP contribution is -2.47. The van der Waals surface area contributed by atoms with E-state index in [0.717, 1.165) is 13.8 Å². The van der Waals surface area contributed by atoms with Crippen molar-refractivity contribution in [1.82, 2.24) is 0 Å². The molecular weight excluding hydrogens is 330 g/mol. The number of rotatable bonds is 6. The minimum absolute atomic E-state index is 0.995. The molecule has 0 spiro atoms. The van der Waals surface area contributed by atoms with E-state index >= 15 is 0 Å². The van der Waals surface area contributed by atoms with Crippen molar-refractivity contribution < 1.29 is 22.3 Å².